The molecule has 1 nitrogen and oxygen atoms in total. The number of para-hydroxylation sites is 2. The Bertz CT molecular complexity index is 2160. The van der Waals surface area contributed by atoms with Crippen LogP contribution in [0, 0.1) is 0 Å². The van der Waals surface area contributed by atoms with Crippen LogP contribution in [0.1, 0.15) is 0 Å². The summed E-state index contributed by atoms with van der Waals surface area (Å²) in [6.07, 6.45) is 0. The predicted octanol–water partition coefficient (Wildman–Crippen LogP) is 11.5. The number of hydrogen-bond donors (Lipinski definition) is 0. The van der Waals surface area contributed by atoms with Crippen LogP contribution in [-0.4, -0.2) is 0 Å². The maximum atomic E-state index is 6.46. The summed E-state index contributed by atoms with van der Waals surface area (Å²) in [5.74, 6) is 0. The average molecular weight is 529 g/mol. The van der Waals surface area contributed by atoms with Gasteiger partial charge in [-0.25, -0.2) is 0 Å². The fourth-order valence-corrected chi connectivity index (χ4v) is 7.27. The molecule has 0 amide bonds. The largest absolute Gasteiger partial charge is 0.455 e. The molecule has 0 N–H and O–H groups in total. The minimum Gasteiger partial charge on any atom is -0.455 e. The molecule has 0 atom stereocenters. The van der Waals surface area contributed by atoms with Gasteiger partial charge in [-0.1, -0.05) is 140 Å². The SMILES string of the molecule is c1ccc(-c2ccccc2-c2sc(-c3ccccc3-c3cccc4c3oc3ccccc34)c3ccccc23)cc1. The highest BCUT2D eigenvalue weighted by Crippen LogP contribution is 2.49. The zero-order valence-corrected chi connectivity index (χ0v) is 22.5. The van der Waals surface area contributed by atoms with Crippen LogP contribution in [0.25, 0.3) is 75.8 Å². The third-order valence-corrected chi connectivity index (χ3v) is 9.03. The molecule has 2 aromatic heterocycles. The van der Waals surface area contributed by atoms with Gasteiger partial charge in [-0.3, -0.25) is 0 Å². The summed E-state index contributed by atoms with van der Waals surface area (Å²) in [4.78, 5) is 2.57. The molecule has 6 aromatic carbocycles. The molecular weight excluding hydrogens is 504 g/mol. The molecule has 188 valence electrons. The van der Waals surface area contributed by atoms with E-state index in [1.807, 2.05) is 23.5 Å². The van der Waals surface area contributed by atoms with E-state index in [4.69, 9.17) is 4.42 Å². The van der Waals surface area contributed by atoms with Crippen molar-refractivity contribution in [2.75, 3.05) is 0 Å². The lowest BCUT2D eigenvalue weighted by atomic mass is 9.94. The average Bonchev–Trinajstić information content (AvgIpc) is 3.61. The van der Waals surface area contributed by atoms with E-state index in [1.165, 1.54) is 48.3 Å². The van der Waals surface area contributed by atoms with E-state index in [-0.39, 0.29) is 0 Å². The Kier molecular flexibility index (Phi) is 5.39. The van der Waals surface area contributed by atoms with Crippen molar-refractivity contribution < 1.29 is 4.42 Å². The number of thiophene rings is 1. The van der Waals surface area contributed by atoms with Gasteiger partial charge in [0.15, 0.2) is 0 Å². The van der Waals surface area contributed by atoms with Crippen molar-refractivity contribution in [2.45, 2.75) is 0 Å². The van der Waals surface area contributed by atoms with Gasteiger partial charge in [0, 0.05) is 48.0 Å². The molecule has 0 bridgehead atoms. The Morgan fingerprint density at radius 1 is 0.350 bits per heavy atom. The number of hydrogen-bond acceptors (Lipinski definition) is 2. The highest BCUT2D eigenvalue weighted by atomic mass is 32.1. The van der Waals surface area contributed by atoms with Crippen LogP contribution in [0.3, 0.4) is 0 Å². The number of furan rings is 1. The first-order chi connectivity index (χ1) is 19.9. The lowest BCUT2D eigenvalue weighted by molar-refractivity contribution is 0.670. The van der Waals surface area contributed by atoms with E-state index in [2.05, 4.69) is 133 Å². The molecule has 8 rings (SSSR count). The second-order valence-corrected chi connectivity index (χ2v) is 11.1. The van der Waals surface area contributed by atoms with Crippen molar-refractivity contribution in [3.63, 3.8) is 0 Å². The third kappa shape index (κ3) is 3.61. The second kappa shape index (κ2) is 9.37. The summed E-state index contributed by atoms with van der Waals surface area (Å²) >= 11 is 1.88. The molecule has 0 aliphatic rings. The van der Waals surface area contributed by atoms with Crippen LogP contribution in [0.4, 0.5) is 0 Å². The van der Waals surface area contributed by atoms with Gasteiger partial charge in [0.1, 0.15) is 11.2 Å². The monoisotopic (exact) mass is 528 g/mol. The zero-order chi connectivity index (χ0) is 26.5. The molecule has 0 saturated carbocycles. The summed E-state index contributed by atoms with van der Waals surface area (Å²) in [5.41, 5.74) is 9.12. The molecule has 2 heteroatoms. The topological polar surface area (TPSA) is 13.1 Å². The fraction of sp³-hybridized carbons (Fsp3) is 0. The third-order valence-electron chi connectivity index (χ3n) is 7.74. The van der Waals surface area contributed by atoms with Crippen molar-refractivity contribution in [1.29, 1.82) is 0 Å². The van der Waals surface area contributed by atoms with Gasteiger partial charge in [0.2, 0.25) is 0 Å². The zero-order valence-electron chi connectivity index (χ0n) is 21.7. The van der Waals surface area contributed by atoms with Gasteiger partial charge in [-0.2, -0.15) is 0 Å². The van der Waals surface area contributed by atoms with Crippen molar-refractivity contribution in [3.8, 4) is 43.1 Å². The van der Waals surface area contributed by atoms with Crippen LogP contribution in [0.2, 0.25) is 0 Å². The first-order valence-corrected chi connectivity index (χ1v) is 14.3. The molecular formula is C38H24OS. The van der Waals surface area contributed by atoms with E-state index < -0.39 is 0 Å². The summed E-state index contributed by atoms with van der Waals surface area (Å²) in [7, 11) is 0. The normalized spacial score (nSPS) is 11.5. The molecule has 2 heterocycles. The van der Waals surface area contributed by atoms with Gasteiger partial charge >= 0.3 is 0 Å². The molecule has 40 heavy (non-hydrogen) atoms. The van der Waals surface area contributed by atoms with Crippen molar-refractivity contribution in [3.05, 3.63) is 146 Å². The van der Waals surface area contributed by atoms with Crippen LogP contribution in [0.15, 0.2) is 150 Å². The molecule has 0 saturated heterocycles. The highest BCUT2D eigenvalue weighted by molar-refractivity contribution is 7.21. The number of fused-ring (bicyclic) bond motifs is 4. The Labute approximate surface area is 236 Å². The van der Waals surface area contributed by atoms with Gasteiger partial charge in [0.05, 0.1) is 0 Å². The van der Waals surface area contributed by atoms with E-state index in [0.717, 1.165) is 27.5 Å². The quantitative estimate of drug-likeness (QED) is 0.221. The maximum absolute atomic E-state index is 6.46. The maximum Gasteiger partial charge on any atom is 0.143 e. The van der Waals surface area contributed by atoms with Gasteiger partial charge in [0.25, 0.3) is 0 Å². The summed E-state index contributed by atoms with van der Waals surface area (Å²) in [5, 5.41) is 4.85. The Balaban J connectivity index is 1.38. The number of rotatable bonds is 4. The summed E-state index contributed by atoms with van der Waals surface area (Å²) < 4.78 is 6.46. The van der Waals surface area contributed by atoms with E-state index >= 15 is 0 Å². The minimum absolute atomic E-state index is 0.920. The Hall–Kier alpha value is -4.92. The van der Waals surface area contributed by atoms with Crippen LogP contribution >= 0.6 is 11.3 Å². The Morgan fingerprint density at radius 3 is 1.57 bits per heavy atom. The molecule has 8 aromatic rings. The van der Waals surface area contributed by atoms with Crippen molar-refractivity contribution in [1.82, 2.24) is 0 Å². The van der Waals surface area contributed by atoms with E-state index in [0.29, 0.717) is 0 Å². The smallest absolute Gasteiger partial charge is 0.143 e. The van der Waals surface area contributed by atoms with Crippen LogP contribution < -0.4 is 0 Å². The van der Waals surface area contributed by atoms with E-state index in [1.54, 1.807) is 0 Å². The number of benzene rings is 6. The van der Waals surface area contributed by atoms with Gasteiger partial charge < -0.3 is 4.42 Å². The van der Waals surface area contributed by atoms with E-state index in [9.17, 15) is 0 Å². The molecule has 0 aliphatic heterocycles. The molecule has 0 radical (unpaired) electrons. The fourth-order valence-electron chi connectivity index (χ4n) is 5.92. The molecule has 0 spiro atoms. The molecule has 0 aliphatic carbocycles. The first kappa shape index (κ1) is 23.0. The van der Waals surface area contributed by atoms with Crippen molar-refractivity contribution >= 4 is 44.0 Å². The predicted molar refractivity (Wildman–Crippen MR) is 171 cm³/mol. The van der Waals surface area contributed by atoms with Crippen LogP contribution in [0.5, 0.6) is 0 Å². The minimum atomic E-state index is 0.920. The highest BCUT2D eigenvalue weighted by Gasteiger charge is 2.20. The van der Waals surface area contributed by atoms with Crippen molar-refractivity contribution in [2.24, 2.45) is 0 Å². The standard InChI is InChI=1S/C38H24OS/c1-2-13-25(14-3-1)26-15-4-6-18-31(26)37-33-20-8-9-21-34(33)38(40-37)32-19-7-5-16-27(32)29-22-12-23-30-28-17-10-11-24-35(28)39-36(29)30/h1-24H. The lowest BCUT2D eigenvalue weighted by Gasteiger charge is -2.10. The van der Waals surface area contributed by atoms with Crippen LogP contribution in [-0.2, 0) is 0 Å². The van der Waals surface area contributed by atoms with Gasteiger partial charge in [-0.15, -0.1) is 11.3 Å². The molecule has 0 fully saturated rings. The van der Waals surface area contributed by atoms with Gasteiger partial charge in [-0.05, 0) is 22.8 Å². The lowest BCUT2D eigenvalue weighted by Crippen LogP contribution is -1.84. The second-order valence-electron chi connectivity index (χ2n) is 10.0. The summed E-state index contributed by atoms with van der Waals surface area (Å²) in [6.45, 7) is 0. The molecule has 0 unspecified atom stereocenters. The first-order valence-electron chi connectivity index (χ1n) is 13.5. The summed E-state index contributed by atoms with van der Waals surface area (Å²) in [6, 6.07) is 51.8. The Morgan fingerprint density at radius 2 is 0.850 bits per heavy atom.